The fraction of sp³-hybridized carbons (Fsp3) is 0.845. The molecule has 0 spiro atoms. The SMILES string of the molecule is CC[C@H]1CC(=O)[C@@H]([C@H](O)[C@H](C)CCCCCN(CC)CC)N(C)C(=O)[C@@H](C(C)C)N(C)C(=O)[C@@H](CC(C)C)N(C)C(=O)[C@@H](CC(C)C)N(C)C(=O)[C@H](C)NC(=O)[C@@H](C)CC(=O)[C@@H](CC(C)C)N(C)C(=O)[C@@H](C(C)C)CC(=O)[C@H](CC(C)C)N(C)C(=O)[C@@H](C)N(C)C1=O. The molecule has 0 aromatic heterocycles. The average molecular weight is 1300 g/mol. The molecule has 0 radical (unpaired) electrons. The molecule has 21 nitrogen and oxygen atoms in total. The van der Waals surface area contributed by atoms with E-state index in [0.717, 1.165) is 38.9 Å². The quantitative estimate of drug-likeness (QED) is 0.104. The van der Waals surface area contributed by atoms with Crippen molar-refractivity contribution >= 4 is 64.6 Å². The second-order valence-corrected chi connectivity index (χ2v) is 29.5. The van der Waals surface area contributed by atoms with E-state index in [0.29, 0.717) is 6.42 Å². The number of unbranched alkanes of at least 4 members (excludes halogenated alkanes) is 2. The maximum atomic E-state index is 15.4. The minimum Gasteiger partial charge on any atom is -0.390 e. The molecule has 1 rings (SSSR count). The van der Waals surface area contributed by atoms with Crippen LogP contribution < -0.4 is 5.32 Å². The van der Waals surface area contributed by atoms with Gasteiger partial charge in [0.15, 0.2) is 17.3 Å². The normalized spacial score (nSPS) is 26.8. The fourth-order valence-corrected chi connectivity index (χ4v) is 12.9. The van der Waals surface area contributed by atoms with Crippen LogP contribution in [0.15, 0.2) is 0 Å². The van der Waals surface area contributed by atoms with Crippen molar-refractivity contribution in [3.8, 4) is 0 Å². The Morgan fingerprint density at radius 3 is 1.32 bits per heavy atom. The van der Waals surface area contributed by atoms with Crippen molar-refractivity contribution in [1.82, 2.24) is 44.5 Å². The number of amides is 8. The Morgan fingerprint density at radius 1 is 0.446 bits per heavy atom. The van der Waals surface area contributed by atoms with E-state index in [1.807, 2.05) is 76.2 Å². The van der Waals surface area contributed by atoms with Gasteiger partial charge in [0, 0.05) is 86.3 Å². The smallest absolute Gasteiger partial charge is 0.246 e. The molecule has 0 bridgehead atoms. The number of aliphatic hydroxyl groups excluding tert-OH is 1. The number of aliphatic hydroxyl groups is 1. The van der Waals surface area contributed by atoms with Crippen LogP contribution in [0, 0.1) is 59.2 Å². The number of rotatable bonds is 21. The summed E-state index contributed by atoms with van der Waals surface area (Å²) in [6.07, 6.45) is 1.70. The molecule has 0 unspecified atom stereocenters. The summed E-state index contributed by atoms with van der Waals surface area (Å²) >= 11 is 0. The predicted octanol–water partition coefficient (Wildman–Crippen LogP) is 7.87. The van der Waals surface area contributed by atoms with E-state index in [1.165, 1.54) is 90.6 Å². The van der Waals surface area contributed by atoms with Gasteiger partial charge in [0.25, 0.3) is 0 Å². The van der Waals surface area contributed by atoms with Crippen molar-refractivity contribution in [1.29, 1.82) is 0 Å². The Morgan fingerprint density at radius 2 is 0.870 bits per heavy atom. The van der Waals surface area contributed by atoms with E-state index >= 15 is 19.2 Å². The number of ketones is 3. The molecule has 0 saturated carbocycles. The Labute approximate surface area is 555 Å². The molecule has 0 aromatic carbocycles. The first-order chi connectivity index (χ1) is 42.6. The lowest BCUT2D eigenvalue weighted by molar-refractivity contribution is -0.157. The van der Waals surface area contributed by atoms with Crippen molar-refractivity contribution < 1.29 is 57.8 Å². The van der Waals surface area contributed by atoms with Crippen molar-refractivity contribution in [3.63, 3.8) is 0 Å². The summed E-state index contributed by atoms with van der Waals surface area (Å²) in [5.74, 6) is -10.6. The summed E-state index contributed by atoms with van der Waals surface area (Å²) in [7, 11) is 10.4. The van der Waals surface area contributed by atoms with Gasteiger partial charge in [0.1, 0.15) is 36.3 Å². The Balaban J connectivity index is 4.38. The second kappa shape index (κ2) is 39.5. The van der Waals surface area contributed by atoms with E-state index in [-0.39, 0.29) is 86.1 Å². The lowest BCUT2D eigenvalue weighted by Crippen LogP contribution is -2.61. The van der Waals surface area contributed by atoms with E-state index in [9.17, 15) is 38.7 Å². The van der Waals surface area contributed by atoms with Crippen LogP contribution in [0.5, 0.6) is 0 Å². The number of nitrogens with one attached hydrogen (secondary N) is 1. The molecule has 0 aromatic rings. The first-order valence-electron chi connectivity index (χ1n) is 34.7. The number of carbonyl (C=O) groups is 11. The molecule has 1 aliphatic rings. The van der Waals surface area contributed by atoms with Crippen LogP contribution in [0.3, 0.4) is 0 Å². The third-order valence-corrected chi connectivity index (χ3v) is 19.3. The molecule has 2 N–H and O–H groups in total. The summed E-state index contributed by atoms with van der Waals surface area (Å²) in [6, 6.07) is -9.24. The third-order valence-electron chi connectivity index (χ3n) is 19.3. The molecule has 92 heavy (non-hydrogen) atoms. The Bertz CT molecular complexity index is 2430. The van der Waals surface area contributed by atoms with Crippen molar-refractivity contribution in [2.45, 2.75) is 263 Å². The van der Waals surface area contributed by atoms with Crippen molar-refractivity contribution in [2.24, 2.45) is 59.2 Å². The summed E-state index contributed by atoms with van der Waals surface area (Å²) in [6.45, 7) is 37.6. The predicted molar refractivity (Wildman–Crippen MR) is 363 cm³/mol. The number of nitrogens with zero attached hydrogens (tertiary/aromatic N) is 8. The molecular weight excluding hydrogens is 1170 g/mol. The van der Waals surface area contributed by atoms with Gasteiger partial charge in [0.05, 0.1) is 18.2 Å². The molecule has 1 fully saturated rings. The lowest BCUT2D eigenvalue weighted by atomic mass is 9.84. The van der Waals surface area contributed by atoms with Gasteiger partial charge in [-0.1, -0.05) is 131 Å². The molecule has 21 heteroatoms. The van der Waals surface area contributed by atoms with Gasteiger partial charge in [-0.25, -0.2) is 0 Å². The summed E-state index contributed by atoms with van der Waals surface area (Å²) in [5, 5.41) is 15.3. The van der Waals surface area contributed by atoms with Crippen LogP contribution in [0.2, 0.25) is 0 Å². The zero-order valence-electron chi connectivity index (χ0n) is 62.1. The van der Waals surface area contributed by atoms with Crippen molar-refractivity contribution in [2.75, 3.05) is 69.0 Å². The summed E-state index contributed by atoms with van der Waals surface area (Å²) in [4.78, 5) is 175. The maximum absolute atomic E-state index is 15.4. The van der Waals surface area contributed by atoms with Gasteiger partial charge < -0.3 is 49.6 Å². The first kappa shape index (κ1) is 84.7. The summed E-state index contributed by atoms with van der Waals surface area (Å²) in [5.41, 5.74) is 0. The largest absolute Gasteiger partial charge is 0.390 e. The van der Waals surface area contributed by atoms with Crippen LogP contribution in [-0.4, -0.2) is 232 Å². The van der Waals surface area contributed by atoms with Gasteiger partial charge in [0.2, 0.25) is 47.3 Å². The monoisotopic (exact) mass is 1300 g/mol. The number of Topliss-reactive ketones (excluding diaryl/α,β-unsaturated/α-hetero) is 3. The van der Waals surface area contributed by atoms with Gasteiger partial charge in [-0.15, -0.1) is 0 Å². The standard InChI is InChI=1S/C71H129N9O12/c1-27-52-40-60(83)62(63(84)48(16)33-31-30-32-34-80(28-2)29-3)79(26)71(92)61(47(14)15)78(25)70(91)57(38-45(10)11)77(24)69(90)56(37-44(8)9)76(23)65(86)50(18)72-64(85)49(17)39-58(81)54(35-42(4)5)75(22)68(89)53(46(12)13)41-59(82)55(36-43(6)7)74(21)66(87)51(19)73(20)67(52)88/h42-57,61-63,84H,27-41H2,1-26H3,(H,72,85)/t48-,49+,50+,51-,52+,53-,54-,55+,56-,57-,61-,62+,63-/m1/s1. The molecule has 8 amide bonds. The van der Waals surface area contributed by atoms with E-state index in [2.05, 4.69) is 24.1 Å². The third kappa shape index (κ3) is 24.2. The van der Waals surface area contributed by atoms with Gasteiger partial charge in [-0.3, -0.25) is 52.7 Å². The van der Waals surface area contributed by atoms with Gasteiger partial charge in [-0.05, 0) is 120 Å². The molecule has 1 aliphatic heterocycles. The number of hydrogen-bond donors (Lipinski definition) is 2. The Hall–Kier alpha value is -5.31. The molecular formula is C71H129N9O12. The Kier molecular flexibility index (Phi) is 36.4. The fourth-order valence-electron chi connectivity index (χ4n) is 12.9. The van der Waals surface area contributed by atoms with Crippen molar-refractivity contribution in [3.05, 3.63) is 0 Å². The highest BCUT2D eigenvalue weighted by Crippen LogP contribution is 2.30. The number of hydrogen-bond acceptors (Lipinski definition) is 13. The first-order valence-corrected chi connectivity index (χ1v) is 34.7. The molecule has 0 aliphatic carbocycles. The van der Waals surface area contributed by atoms with Gasteiger partial charge >= 0.3 is 0 Å². The van der Waals surface area contributed by atoms with Crippen LogP contribution in [0.1, 0.15) is 209 Å². The maximum Gasteiger partial charge on any atom is 0.246 e. The second-order valence-electron chi connectivity index (χ2n) is 29.5. The molecule has 13 atom stereocenters. The highest BCUT2D eigenvalue weighted by atomic mass is 16.3. The highest BCUT2D eigenvalue weighted by Gasteiger charge is 2.46. The lowest BCUT2D eigenvalue weighted by Gasteiger charge is -2.41. The van der Waals surface area contributed by atoms with E-state index < -0.39 is 143 Å². The summed E-state index contributed by atoms with van der Waals surface area (Å²) < 4.78 is 0. The van der Waals surface area contributed by atoms with Crippen LogP contribution in [-0.2, 0) is 52.7 Å². The number of carbonyl (C=O) groups excluding carboxylic acids is 11. The topological polar surface area (TPSA) is 246 Å². The van der Waals surface area contributed by atoms with E-state index in [4.69, 9.17) is 0 Å². The highest BCUT2D eigenvalue weighted by molar-refractivity contribution is 6.00. The zero-order chi connectivity index (χ0) is 71.3. The van der Waals surface area contributed by atoms with E-state index in [1.54, 1.807) is 34.6 Å². The average Bonchev–Trinajstić information content (AvgIpc) is 0.816. The molecule has 530 valence electrons. The minimum absolute atomic E-state index is 0.0682. The zero-order valence-corrected chi connectivity index (χ0v) is 62.1. The van der Waals surface area contributed by atoms with Gasteiger partial charge in [-0.2, -0.15) is 0 Å². The number of likely N-dealkylation sites (N-methyl/N-ethyl adjacent to an activating group) is 7. The molecule has 1 heterocycles. The van der Waals surface area contributed by atoms with Crippen LogP contribution >= 0.6 is 0 Å². The minimum atomic E-state index is -1.48. The van der Waals surface area contributed by atoms with Crippen LogP contribution in [0.4, 0.5) is 0 Å². The van der Waals surface area contributed by atoms with Crippen LogP contribution in [0.25, 0.3) is 0 Å². The molecule has 1 saturated heterocycles.